The molecular weight excluding hydrogens is 460 g/mol. The Morgan fingerprint density at radius 2 is 1.76 bits per heavy atom. The zero-order valence-corrected chi connectivity index (χ0v) is 21.1. The first-order valence-corrected chi connectivity index (χ1v) is 13.2. The van der Waals surface area contributed by atoms with Gasteiger partial charge in [-0.15, -0.1) is 11.3 Å². The molecule has 2 aromatic heterocycles. The Balaban J connectivity index is 1.61. The summed E-state index contributed by atoms with van der Waals surface area (Å²) in [5, 5.41) is 0.833. The van der Waals surface area contributed by atoms with Gasteiger partial charge in [-0.3, -0.25) is 0 Å². The van der Waals surface area contributed by atoms with Crippen molar-refractivity contribution < 1.29 is 17.9 Å². The molecule has 1 aromatic carbocycles. The molecule has 1 aliphatic rings. The molecule has 1 aliphatic heterocycles. The number of esters is 1. The van der Waals surface area contributed by atoms with E-state index in [2.05, 4.69) is 14.9 Å². The van der Waals surface area contributed by atoms with Crippen LogP contribution in [0.15, 0.2) is 23.1 Å². The molecule has 0 radical (unpaired) electrons. The van der Waals surface area contributed by atoms with Gasteiger partial charge in [0.1, 0.15) is 21.3 Å². The number of rotatable bonds is 5. The molecule has 0 N–H and O–H groups in total. The van der Waals surface area contributed by atoms with E-state index >= 15 is 0 Å². The number of carbonyl (C=O) groups excluding carboxylic acids is 1. The summed E-state index contributed by atoms with van der Waals surface area (Å²) >= 11 is 1.31. The SMILES string of the molecule is CCOC(=O)c1sc2nc(C)nc(N3CCN(S(=O)(=O)c4ccc(C)c(C)c4)CC3)c2c1C. The van der Waals surface area contributed by atoms with Crippen molar-refractivity contribution in [2.24, 2.45) is 0 Å². The third-order valence-electron chi connectivity index (χ3n) is 6.00. The van der Waals surface area contributed by atoms with Crippen LogP contribution in [0, 0.1) is 27.7 Å². The monoisotopic (exact) mass is 488 g/mol. The number of piperazine rings is 1. The molecule has 0 spiro atoms. The molecule has 176 valence electrons. The lowest BCUT2D eigenvalue weighted by atomic mass is 10.1. The number of thiophene rings is 1. The van der Waals surface area contributed by atoms with E-state index in [9.17, 15) is 13.2 Å². The van der Waals surface area contributed by atoms with Gasteiger partial charge in [-0.1, -0.05) is 6.07 Å². The highest BCUT2D eigenvalue weighted by molar-refractivity contribution is 7.89. The Morgan fingerprint density at radius 1 is 1.06 bits per heavy atom. The second-order valence-electron chi connectivity index (χ2n) is 8.19. The van der Waals surface area contributed by atoms with Gasteiger partial charge in [0.25, 0.3) is 0 Å². The molecule has 0 saturated carbocycles. The van der Waals surface area contributed by atoms with E-state index in [1.807, 2.05) is 33.8 Å². The Hall–Kier alpha value is -2.56. The van der Waals surface area contributed by atoms with Crippen LogP contribution in [-0.4, -0.2) is 61.4 Å². The molecule has 0 atom stereocenters. The topological polar surface area (TPSA) is 92.7 Å². The van der Waals surface area contributed by atoms with E-state index in [0.717, 1.165) is 32.7 Å². The average molecular weight is 489 g/mol. The summed E-state index contributed by atoms with van der Waals surface area (Å²) in [6.07, 6.45) is 0. The van der Waals surface area contributed by atoms with Crippen LogP contribution >= 0.6 is 11.3 Å². The van der Waals surface area contributed by atoms with E-state index in [-0.39, 0.29) is 5.97 Å². The van der Waals surface area contributed by atoms with Crippen LogP contribution in [0.1, 0.15) is 39.1 Å². The zero-order valence-electron chi connectivity index (χ0n) is 19.5. The molecule has 10 heteroatoms. The fraction of sp³-hybridized carbons (Fsp3) is 0.435. The fourth-order valence-electron chi connectivity index (χ4n) is 4.01. The van der Waals surface area contributed by atoms with Crippen LogP contribution in [-0.2, 0) is 14.8 Å². The van der Waals surface area contributed by atoms with Gasteiger partial charge in [0, 0.05) is 26.2 Å². The minimum atomic E-state index is -3.56. The molecule has 3 aromatic rings. The van der Waals surface area contributed by atoms with Gasteiger partial charge in [0.15, 0.2) is 0 Å². The summed E-state index contributed by atoms with van der Waals surface area (Å²) in [6.45, 7) is 11.4. The number of fused-ring (bicyclic) bond motifs is 1. The molecule has 33 heavy (non-hydrogen) atoms. The van der Waals surface area contributed by atoms with Crippen molar-refractivity contribution in [3.8, 4) is 0 Å². The van der Waals surface area contributed by atoms with Crippen molar-refractivity contribution in [2.75, 3.05) is 37.7 Å². The molecule has 0 amide bonds. The number of hydrogen-bond donors (Lipinski definition) is 0. The van der Waals surface area contributed by atoms with Crippen molar-refractivity contribution in [3.63, 3.8) is 0 Å². The van der Waals surface area contributed by atoms with Gasteiger partial charge >= 0.3 is 5.97 Å². The standard InChI is InChI=1S/C23H28N4O4S2/c1-6-31-23(28)20-16(4)19-21(24-17(5)25-22(19)32-20)26-9-11-27(12-10-26)33(29,30)18-8-7-14(2)15(3)13-18/h7-8,13H,6,9-12H2,1-5H3. The highest BCUT2D eigenvalue weighted by Gasteiger charge is 2.31. The molecule has 0 aliphatic carbocycles. The number of sulfonamides is 1. The predicted octanol–water partition coefficient (Wildman–Crippen LogP) is 3.61. The third kappa shape index (κ3) is 4.34. The maximum atomic E-state index is 13.2. The smallest absolute Gasteiger partial charge is 0.348 e. The molecule has 1 saturated heterocycles. The quantitative estimate of drug-likeness (QED) is 0.507. The molecule has 0 unspecified atom stereocenters. The van der Waals surface area contributed by atoms with Gasteiger partial charge in [-0.05, 0) is 63.4 Å². The van der Waals surface area contributed by atoms with Crippen LogP contribution in [0.25, 0.3) is 10.2 Å². The number of benzene rings is 1. The van der Waals surface area contributed by atoms with E-state index in [4.69, 9.17) is 4.74 Å². The van der Waals surface area contributed by atoms with Crippen LogP contribution in [0.5, 0.6) is 0 Å². The Bertz CT molecular complexity index is 1330. The minimum Gasteiger partial charge on any atom is -0.462 e. The summed E-state index contributed by atoms with van der Waals surface area (Å²) in [5.74, 6) is 0.996. The lowest BCUT2D eigenvalue weighted by Crippen LogP contribution is -2.49. The highest BCUT2D eigenvalue weighted by Crippen LogP contribution is 2.36. The van der Waals surface area contributed by atoms with Crippen molar-refractivity contribution in [1.29, 1.82) is 0 Å². The second-order valence-corrected chi connectivity index (χ2v) is 11.1. The van der Waals surface area contributed by atoms with Gasteiger partial charge in [0.05, 0.1) is 16.9 Å². The highest BCUT2D eigenvalue weighted by atomic mass is 32.2. The van der Waals surface area contributed by atoms with Crippen molar-refractivity contribution in [1.82, 2.24) is 14.3 Å². The van der Waals surface area contributed by atoms with E-state index < -0.39 is 10.0 Å². The molecule has 3 heterocycles. The number of carbonyl (C=O) groups is 1. The maximum Gasteiger partial charge on any atom is 0.348 e. The van der Waals surface area contributed by atoms with E-state index in [1.165, 1.54) is 15.6 Å². The van der Waals surface area contributed by atoms with Gasteiger partial charge < -0.3 is 9.64 Å². The third-order valence-corrected chi connectivity index (χ3v) is 9.06. The summed E-state index contributed by atoms with van der Waals surface area (Å²) < 4.78 is 33.1. The van der Waals surface area contributed by atoms with Crippen LogP contribution < -0.4 is 4.90 Å². The number of anilines is 1. The van der Waals surface area contributed by atoms with Gasteiger partial charge in [-0.25, -0.2) is 23.2 Å². The fourth-order valence-corrected chi connectivity index (χ4v) is 6.63. The normalized spacial score (nSPS) is 15.2. The van der Waals surface area contributed by atoms with Crippen molar-refractivity contribution in [3.05, 3.63) is 45.6 Å². The average Bonchev–Trinajstić information content (AvgIpc) is 3.11. The molecular formula is C23H28N4O4S2. The van der Waals surface area contributed by atoms with E-state index in [0.29, 0.717) is 48.4 Å². The van der Waals surface area contributed by atoms with E-state index in [1.54, 1.807) is 19.1 Å². The summed E-state index contributed by atoms with van der Waals surface area (Å²) in [6, 6.07) is 5.26. The van der Waals surface area contributed by atoms with Crippen molar-refractivity contribution in [2.45, 2.75) is 39.5 Å². The summed E-state index contributed by atoms with van der Waals surface area (Å²) in [7, 11) is -3.56. The van der Waals surface area contributed by atoms with Crippen LogP contribution in [0.2, 0.25) is 0 Å². The first kappa shape index (κ1) is 23.6. The summed E-state index contributed by atoms with van der Waals surface area (Å²) in [4.78, 5) is 25.3. The Kier molecular flexibility index (Phi) is 6.43. The van der Waals surface area contributed by atoms with Gasteiger partial charge in [0.2, 0.25) is 10.0 Å². The summed E-state index contributed by atoms with van der Waals surface area (Å²) in [5.41, 5.74) is 2.82. The second kappa shape index (κ2) is 9.00. The first-order chi connectivity index (χ1) is 15.6. The number of hydrogen-bond acceptors (Lipinski definition) is 8. The molecule has 0 bridgehead atoms. The molecule has 4 rings (SSSR count). The lowest BCUT2D eigenvalue weighted by Gasteiger charge is -2.35. The minimum absolute atomic E-state index is 0.307. The molecule has 8 nitrogen and oxygen atoms in total. The maximum absolute atomic E-state index is 13.2. The zero-order chi connectivity index (χ0) is 23.9. The number of ether oxygens (including phenoxy) is 1. The van der Waals surface area contributed by atoms with Crippen LogP contribution in [0.3, 0.4) is 0 Å². The number of nitrogens with zero attached hydrogens (tertiary/aromatic N) is 4. The largest absolute Gasteiger partial charge is 0.462 e. The van der Waals surface area contributed by atoms with Gasteiger partial charge in [-0.2, -0.15) is 4.31 Å². The predicted molar refractivity (Wildman–Crippen MR) is 130 cm³/mol. The molecule has 1 fully saturated rings. The lowest BCUT2D eigenvalue weighted by molar-refractivity contribution is 0.0531. The first-order valence-electron chi connectivity index (χ1n) is 10.9. The van der Waals surface area contributed by atoms with Crippen LogP contribution in [0.4, 0.5) is 5.82 Å². The number of aryl methyl sites for hydroxylation is 4. The Morgan fingerprint density at radius 3 is 2.39 bits per heavy atom. The number of aromatic nitrogens is 2. The van der Waals surface area contributed by atoms with Crippen molar-refractivity contribution >= 4 is 43.4 Å². The Labute approximate surface area is 198 Å².